The van der Waals surface area contributed by atoms with Crippen molar-refractivity contribution in [2.75, 3.05) is 0 Å². The molecule has 0 saturated heterocycles. The van der Waals surface area contributed by atoms with Crippen molar-refractivity contribution in [2.24, 2.45) is 5.92 Å². The standard InChI is InChI=1S/C43H27N3.C36H26.C35H23N/c1-3-13-32-30(11-1)25-38(36-17-7-5-15-34(32)36)41-27-42(39-26-31-12-2-4-14-33(31)35-16-6-8-18-37(35)39)46-43(45-41)29-22-20-28(21-23-29)40-19-9-10-24-44-40;1-2-12-27(13-3-1)35-31-16-6-8-18-33(31)36(34-19-9-7-17-32(34)35)28-23-21-26(22-24-28)30-20-10-14-25-11-4-5-15-29(25)30;1-2-9-27-22-28(20-17-24(27)8-1)35-32-13-5-3-11-30(32)34(31-12-4-6-14-33(31)35)26-18-15-25(16-19-26)29-10-7-21-36-23-29/h1-27H;1-18,20-24,34H,19H2;1-23H. The summed E-state index contributed by atoms with van der Waals surface area (Å²) in [6.07, 6.45) is 13.4. The summed E-state index contributed by atoms with van der Waals surface area (Å²) in [5, 5.41) is 22.5. The maximum Gasteiger partial charge on any atom is 0.160 e. The number of hydrogen-bond donors (Lipinski definition) is 0. The van der Waals surface area contributed by atoms with E-state index in [0.29, 0.717) is 11.7 Å². The molecular weight excluding hydrogens is 1430 g/mol. The maximum absolute atomic E-state index is 5.27. The number of rotatable bonds is 10. The van der Waals surface area contributed by atoms with Crippen molar-refractivity contribution < 1.29 is 0 Å². The lowest BCUT2D eigenvalue weighted by Crippen LogP contribution is -2.37. The number of allylic oxidation sites excluding steroid dienone is 4. The molecule has 0 bridgehead atoms. The van der Waals surface area contributed by atoms with Gasteiger partial charge in [-0.05, 0) is 218 Å². The molecule has 21 aromatic rings. The van der Waals surface area contributed by atoms with Crippen LogP contribution in [0.3, 0.4) is 0 Å². The highest BCUT2D eigenvalue weighted by molar-refractivity contribution is 6.22. The SMILES string of the molecule is C1=CCC2C(=C1)C(c1ccccc1)=c1ccccc1=C2c1ccc(-c2cccc3ccccc23)cc1.c1ccc(-c2ccc(-c3nc(-c4cc5ccccc5c5ccccc45)cc(-c4cc5ccccc5c5ccccc45)n3)cc2)nc1.c1cncc(-c2ccc(-c3c4ccccc4c(-c4ccc5ccccc5c4)c4ccccc34)cc2)c1. The van der Waals surface area contributed by atoms with Gasteiger partial charge in [-0.1, -0.05) is 382 Å². The first kappa shape index (κ1) is 70.5. The topological polar surface area (TPSA) is 51.6 Å². The number of aromatic nitrogens is 4. The van der Waals surface area contributed by atoms with Gasteiger partial charge in [-0.3, -0.25) is 9.97 Å². The summed E-state index contributed by atoms with van der Waals surface area (Å²) in [7, 11) is 0. The molecule has 0 amide bonds. The molecule has 4 heteroatoms. The zero-order chi connectivity index (χ0) is 78.2. The Labute approximate surface area is 685 Å². The van der Waals surface area contributed by atoms with Gasteiger partial charge in [0, 0.05) is 46.8 Å². The predicted molar refractivity (Wildman–Crippen MR) is 497 cm³/mol. The number of nitrogens with zero attached hydrogens (tertiary/aromatic N) is 4. The zero-order valence-electron chi connectivity index (χ0n) is 64.7. The van der Waals surface area contributed by atoms with E-state index < -0.39 is 0 Å². The van der Waals surface area contributed by atoms with Gasteiger partial charge in [-0.25, -0.2) is 9.97 Å². The molecule has 2 aliphatic carbocycles. The molecule has 3 aromatic heterocycles. The summed E-state index contributed by atoms with van der Waals surface area (Å²) in [5.74, 6) is 1.04. The minimum absolute atomic E-state index is 0.350. The highest BCUT2D eigenvalue weighted by Crippen LogP contribution is 2.47. The van der Waals surface area contributed by atoms with Crippen LogP contribution in [0.15, 0.2) is 449 Å². The van der Waals surface area contributed by atoms with E-state index in [9.17, 15) is 0 Å². The quantitative estimate of drug-likeness (QED) is 0.101. The molecule has 0 fully saturated rings. The smallest absolute Gasteiger partial charge is 0.160 e. The third-order valence-electron chi connectivity index (χ3n) is 23.7. The van der Waals surface area contributed by atoms with Gasteiger partial charge >= 0.3 is 0 Å². The van der Waals surface area contributed by atoms with Gasteiger partial charge in [0.15, 0.2) is 5.82 Å². The second kappa shape index (κ2) is 30.9. The molecule has 0 N–H and O–H groups in total. The Morgan fingerprint density at radius 1 is 0.246 bits per heavy atom. The second-order valence-corrected chi connectivity index (χ2v) is 30.5. The van der Waals surface area contributed by atoms with E-state index in [4.69, 9.17) is 9.97 Å². The van der Waals surface area contributed by atoms with Crippen LogP contribution in [0, 0.1) is 5.92 Å². The van der Waals surface area contributed by atoms with Crippen molar-refractivity contribution in [1.29, 1.82) is 0 Å². The normalized spacial score (nSPS) is 12.9. The molecule has 118 heavy (non-hydrogen) atoms. The number of hydrogen-bond acceptors (Lipinski definition) is 4. The summed E-state index contributed by atoms with van der Waals surface area (Å²) in [4.78, 5) is 19.4. The summed E-state index contributed by atoms with van der Waals surface area (Å²) >= 11 is 0. The highest BCUT2D eigenvalue weighted by Gasteiger charge is 2.30. The van der Waals surface area contributed by atoms with Crippen LogP contribution in [0.1, 0.15) is 17.5 Å². The summed E-state index contributed by atoms with van der Waals surface area (Å²) in [5.41, 5.74) is 23.7. The van der Waals surface area contributed by atoms with Gasteiger partial charge in [-0.2, -0.15) is 0 Å². The maximum atomic E-state index is 5.27. The lowest BCUT2D eigenvalue weighted by Gasteiger charge is -2.31. The monoisotopic (exact) mass is 1500 g/mol. The van der Waals surface area contributed by atoms with E-state index in [0.717, 1.165) is 51.3 Å². The van der Waals surface area contributed by atoms with Gasteiger partial charge in [0.05, 0.1) is 17.1 Å². The Morgan fingerprint density at radius 2 is 0.720 bits per heavy atom. The molecule has 4 nitrogen and oxygen atoms in total. The highest BCUT2D eigenvalue weighted by atomic mass is 14.9. The molecule has 1 atom stereocenters. The lowest BCUT2D eigenvalue weighted by atomic mass is 9.72. The molecule has 3 heterocycles. The van der Waals surface area contributed by atoms with Crippen molar-refractivity contribution in [3.8, 4) is 89.7 Å². The van der Waals surface area contributed by atoms with Crippen LogP contribution in [-0.4, -0.2) is 19.9 Å². The van der Waals surface area contributed by atoms with Crippen LogP contribution in [-0.2, 0) is 0 Å². The fourth-order valence-corrected chi connectivity index (χ4v) is 18.2. The van der Waals surface area contributed by atoms with Crippen LogP contribution in [0.5, 0.6) is 0 Å². The van der Waals surface area contributed by atoms with Gasteiger partial charge in [0.1, 0.15) is 0 Å². The Kier molecular flexibility index (Phi) is 18.4. The molecule has 0 aliphatic heterocycles. The van der Waals surface area contributed by atoms with Crippen molar-refractivity contribution in [1.82, 2.24) is 19.9 Å². The molecule has 0 radical (unpaired) electrons. The fraction of sp³-hybridized carbons (Fsp3) is 0.0175. The number of pyridine rings is 2. The van der Waals surface area contributed by atoms with Crippen molar-refractivity contribution in [3.05, 3.63) is 470 Å². The first-order valence-electron chi connectivity index (χ1n) is 40.6. The number of benzene rings is 18. The largest absolute Gasteiger partial charge is 0.264 e. The van der Waals surface area contributed by atoms with E-state index in [1.54, 1.807) is 0 Å². The molecule has 23 rings (SSSR count). The second-order valence-electron chi connectivity index (χ2n) is 30.5. The van der Waals surface area contributed by atoms with E-state index >= 15 is 0 Å². The Bertz CT molecular complexity index is 7460. The van der Waals surface area contributed by atoms with Crippen LogP contribution in [0.4, 0.5) is 0 Å². The average Bonchev–Trinajstić information content (AvgIpc) is 0.808. The summed E-state index contributed by atoms with van der Waals surface area (Å²) in [6.45, 7) is 0. The molecular formula is C114H76N4. The van der Waals surface area contributed by atoms with Crippen LogP contribution >= 0.6 is 0 Å². The predicted octanol–water partition coefficient (Wildman–Crippen LogP) is 28.1. The summed E-state index contributed by atoms with van der Waals surface area (Å²) < 4.78 is 0. The van der Waals surface area contributed by atoms with Crippen molar-refractivity contribution in [3.63, 3.8) is 0 Å². The van der Waals surface area contributed by atoms with Gasteiger partial charge in [0.25, 0.3) is 0 Å². The Hall–Kier alpha value is -15.4. The third kappa shape index (κ3) is 13.2. The van der Waals surface area contributed by atoms with Crippen LogP contribution in [0.25, 0.3) is 187 Å². The van der Waals surface area contributed by atoms with Crippen molar-refractivity contribution in [2.45, 2.75) is 6.42 Å². The summed E-state index contributed by atoms with van der Waals surface area (Å²) in [6, 6.07) is 146. The van der Waals surface area contributed by atoms with E-state index in [1.807, 2.05) is 42.9 Å². The average molecular weight is 1500 g/mol. The third-order valence-corrected chi connectivity index (χ3v) is 23.7. The van der Waals surface area contributed by atoms with Gasteiger partial charge in [-0.15, -0.1) is 0 Å². The van der Waals surface area contributed by atoms with E-state index in [2.05, 4.69) is 410 Å². The van der Waals surface area contributed by atoms with Crippen LogP contribution < -0.4 is 10.4 Å². The van der Waals surface area contributed by atoms with Gasteiger partial charge < -0.3 is 0 Å². The number of fused-ring (bicyclic) bond motifs is 12. The molecule has 0 spiro atoms. The van der Waals surface area contributed by atoms with E-state index in [-0.39, 0.29) is 0 Å². The molecule has 552 valence electrons. The minimum atomic E-state index is 0.350. The zero-order valence-corrected chi connectivity index (χ0v) is 64.7. The molecule has 18 aromatic carbocycles. The molecule has 1 unspecified atom stereocenters. The van der Waals surface area contributed by atoms with E-state index in [1.165, 1.54) is 163 Å². The lowest BCUT2D eigenvalue weighted by molar-refractivity contribution is 0.798. The molecule has 2 aliphatic rings. The molecule has 0 saturated carbocycles. The van der Waals surface area contributed by atoms with Crippen LogP contribution in [0.2, 0.25) is 0 Å². The first-order chi connectivity index (χ1) is 58.5. The fourth-order valence-electron chi connectivity index (χ4n) is 18.2. The Balaban J connectivity index is 0.000000111. The minimum Gasteiger partial charge on any atom is -0.264 e. The Morgan fingerprint density at radius 3 is 1.34 bits per heavy atom. The van der Waals surface area contributed by atoms with Gasteiger partial charge in [0.2, 0.25) is 0 Å². The van der Waals surface area contributed by atoms with Crippen molar-refractivity contribution >= 4 is 97.3 Å². The first-order valence-corrected chi connectivity index (χ1v) is 40.6.